The molecule has 0 saturated carbocycles. The molecular formula is C22H27FN2O3. The summed E-state index contributed by atoms with van der Waals surface area (Å²) in [5, 5.41) is 9.65. The van der Waals surface area contributed by atoms with Crippen LogP contribution in [-0.2, 0) is 11.3 Å². The van der Waals surface area contributed by atoms with E-state index < -0.39 is 0 Å². The maximum absolute atomic E-state index is 13.1. The first-order chi connectivity index (χ1) is 13.3. The normalized spacial score (nSPS) is 20.2. The van der Waals surface area contributed by atoms with Crippen molar-refractivity contribution in [1.82, 2.24) is 9.80 Å². The van der Waals surface area contributed by atoms with Crippen LogP contribution in [0.4, 0.5) is 4.39 Å². The summed E-state index contributed by atoms with van der Waals surface area (Å²) in [7, 11) is 0. The third-order valence-electron chi connectivity index (χ3n) is 5.13. The summed E-state index contributed by atoms with van der Waals surface area (Å²) in [6.45, 7) is 8.01. The van der Waals surface area contributed by atoms with Crippen LogP contribution in [0.15, 0.2) is 42.5 Å². The highest BCUT2D eigenvalue weighted by atomic mass is 19.1. The van der Waals surface area contributed by atoms with Crippen LogP contribution in [0.2, 0.25) is 0 Å². The quantitative estimate of drug-likeness (QED) is 0.856. The Kier molecular flexibility index (Phi) is 6.19. The van der Waals surface area contributed by atoms with Gasteiger partial charge in [-0.1, -0.05) is 12.1 Å². The zero-order chi connectivity index (χ0) is 20.3. The molecule has 0 aliphatic carbocycles. The predicted octanol–water partition coefficient (Wildman–Crippen LogP) is 3.34. The summed E-state index contributed by atoms with van der Waals surface area (Å²) in [5.41, 5.74) is 1.93. The lowest BCUT2D eigenvalue weighted by atomic mass is 10.1. The van der Waals surface area contributed by atoms with E-state index in [1.165, 1.54) is 18.2 Å². The number of nitrogens with zero attached hydrogens (tertiary/aromatic N) is 2. The summed E-state index contributed by atoms with van der Waals surface area (Å²) in [5.74, 6) is 0.310. The molecule has 6 heteroatoms. The number of rotatable bonds is 5. The van der Waals surface area contributed by atoms with Crippen LogP contribution in [-0.4, -0.2) is 52.6 Å². The van der Waals surface area contributed by atoms with Crippen LogP contribution < -0.4 is 4.74 Å². The SMILES string of the molecule is Cc1cc(O)cc(OCC(=O)N2C[C@H](C)N(Cc3ccc(F)cc3)C[C@H]2C)c1. The highest BCUT2D eigenvalue weighted by molar-refractivity contribution is 5.78. The number of hydrogen-bond donors (Lipinski definition) is 1. The van der Waals surface area contributed by atoms with Gasteiger partial charge in [-0.3, -0.25) is 9.69 Å². The number of hydrogen-bond acceptors (Lipinski definition) is 4. The van der Waals surface area contributed by atoms with Crippen molar-refractivity contribution in [3.63, 3.8) is 0 Å². The first-order valence-corrected chi connectivity index (χ1v) is 9.53. The van der Waals surface area contributed by atoms with Crippen molar-refractivity contribution in [2.75, 3.05) is 19.7 Å². The van der Waals surface area contributed by atoms with E-state index in [4.69, 9.17) is 4.74 Å². The van der Waals surface area contributed by atoms with Crippen LogP contribution >= 0.6 is 0 Å². The van der Waals surface area contributed by atoms with E-state index >= 15 is 0 Å². The van der Waals surface area contributed by atoms with E-state index in [0.29, 0.717) is 12.3 Å². The van der Waals surface area contributed by atoms with Gasteiger partial charge in [0.15, 0.2) is 6.61 Å². The van der Waals surface area contributed by atoms with Gasteiger partial charge in [-0.2, -0.15) is 0 Å². The molecule has 0 bridgehead atoms. The number of carbonyl (C=O) groups is 1. The van der Waals surface area contributed by atoms with Gasteiger partial charge < -0.3 is 14.7 Å². The Bertz CT molecular complexity index is 805. The number of halogens is 1. The minimum absolute atomic E-state index is 0.0543. The molecule has 1 saturated heterocycles. The molecular weight excluding hydrogens is 359 g/mol. The Labute approximate surface area is 165 Å². The molecule has 2 aromatic rings. The zero-order valence-electron chi connectivity index (χ0n) is 16.6. The molecule has 1 aliphatic rings. The van der Waals surface area contributed by atoms with Gasteiger partial charge in [-0.05, 0) is 56.2 Å². The molecule has 28 heavy (non-hydrogen) atoms. The fourth-order valence-electron chi connectivity index (χ4n) is 3.63. The molecule has 2 aromatic carbocycles. The van der Waals surface area contributed by atoms with Crippen molar-refractivity contribution >= 4 is 5.91 Å². The zero-order valence-corrected chi connectivity index (χ0v) is 16.6. The number of phenolic OH excluding ortho intramolecular Hbond substituents is 1. The van der Waals surface area contributed by atoms with Gasteiger partial charge in [0.25, 0.3) is 5.91 Å². The molecule has 0 unspecified atom stereocenters. The number of amides is 1. The Hall–Kier alpha value is -2.60. The lowest BCUT2D eigenvalue weighted by Gasteiger charge is -2.44. The summed E-state index contributed by atoms with van der Waals surface area (Å²) in [4.78, 5) is 16.8. The summed E-state index contributed by atoms with van der Waals surface area (Å²) in [6.07, 6.45) is 0. The number of phenols is 1. The minimum Gasteiger partial charge on any atom is -0.508 e. The average Bonchev–Trinajstić information content (AvgIpc) is 2.63. The maximum Gasteiger partial charge on any atom is 0.260 e. The summed E-state index contributed by atoms with van der Waals surface area (Å²) < 4.78 is 18.7. The molecule has 2 atom stereocenters. The molecule has 3 rings (SSSR count). The number of piperazine rings is 1. The monoisotopic (exact) mass is 386 g/mol. The van der Waals surface area contributed by atoms with Crippen LogP contribution in [0.3, 0.4) is 0 Å². The Morgan fingerprint density at radius 2 is 1.86 bits per heavy atom. The van der Waals surface area contributed by atoms with Gasteiger partial charge in [-0.25, -0.2) is 4.39 Å². The molecule has 150 valence electrons. The Morgan fingerprint density at radius 1 is 1.14 bits per heavy atom. The second-order valence-corrected chi connectivity index (χ2v) is 7.59. The van der Waals surface area contributed by atoms with Gasteiger partial charge in [0.05, 0.1) is 0 Å². The predicted molar refractivity (Wildman–Crippen MR) is 106 cm³/mol. The molecule has 1 fully saturated rings. The molecule has 1 heterocycles. The van der Waals surface area contributed by atoms with Crippen LogP contribution in [0, 0.1) is 12.7 Å². The Balaban J connectivity index is 1.56. The molecule has 0 aromatic heterocycles. The number of ether oxygens (including phenoxy) is 1. The average molecular weight is 386 g/mol. The van der Waals surface area contributed by atoms with Gasteiger partial charge in [0.2, 0.25) is 0 Å². The van der Waals surface area contributed by atoms with Crippen molar-refractivity contribution in [2.24, 2.45) is 0 Å². The highest BCUT2D eigenvalue weighted by Gasteiger charge is 2.32. The highest BCUT2D eigenvalue weighted by Crippen LogP contribution is 2.22. The molecule has 0 spiro atoms. The third-order valence-corrected chi connectivity index (χ3v) is 5.13. The van der Waals surface area contributed by atoms with Crippen molar-refractivity contribution in [1.29, 1.82) is 0 Å². The van der Waals surface area contributed by atoms with E-state index in [1.807, 2.05) is 18.7 Å². The van der Waals surface area contributed by atoms with E-state index in [2.05, 4.69) is 11.8 Å². The largest absolute Gasteiger partial charge is 0.508 e. The van der Waals surface area contributed by atoms with Crippen LogP contribution in [0.1, 0.15) is 25.0 Å². The first kappa shape index (κ1) is 20.1. The third kappa shape index (κ3) is 5.01. The number of aromatic hydroxyl groups is 1. The van der Waals surface area contributed by atoms with E-state index in [-0.39, 0.29) is 36.2 Å². The topological polar surface area (TPSA) is 53.0 Å². The fraction of sp³-hybridized carbons (Fsp3) is 0.409. The van der Waals surface area contributed by atoms with Gasteiger partial charge >= 0.3 is 0 Å². The van der Waals surface area contributed by atoms with Crippen molar-refractivity contribution in [3.05, 3.63) is 59.4 Å². The second kappa shape index (κ2) is 8.61. The van der Waals surface area contributed by atoms with Crippen molar-refractivity contribution < 1.29 is 19.0 Å². The van der Waals surface area contributed by atoms with Crippen LogP contribution in [0.25, 0.3) is 0 Å². The number of carbonyl (C=O) groups excluding carboxylic acids is 1. The molecule has 5 nitrogen and oxygen atoms in total. The summed E-state index contributed by atoms with van der Waals surface area (Å²) in [6, 6.07) is 11.7. The number of aryl methyl sites for hydroxylation is 1. The lowest BCUT2D eigenvalue weighted by Crippen LogP contribution is -2.58. The smallest absolute Gasteiger partial charge is 0.260 e. The van der Waals surface area contributed by atoms with Crippen molar-refractivity contribution in [2.45, 2.75) is 39.4 Å². The van der Waals surface area contributed by atoms with E-state index in [9.17, 15) is 14.3 Å². The molecule has 1 amide bonds. The maximum atomic E-state index is 13.1. The second-order valence-electron chi connectivity index (χ2n) is 7.59. The molecule has 1 aliphatic heterocycles. The van der Waals surface area contributed by atoms with Gasteiger partial charge in [0, 0.05) is 37.8 Å². The first-order valence-electron chi connectivity index (χ1n) is 9.53. The molecule has 1 N–H and O–H groups in total. The van der Waals surface area contributed by atoms with E-state index in [1.54, 1.807) is 24.3 Å². The minimum atomic E-state index is -0.234. The summed E-state index contributed by atoms with van der Waals surface area (Å²) >= 11 is 0. The standard InChI is InChI=1S/C22H27FN2O3/c1-15-8-20(26)10-21(9-15)28-14-22(27)25-12-16(2)24(11-17(25)3)13-18-4-6-19(23)7-5-18/h4-10,16-17,26H,11-14H2,1-3H3/t16-,17+/m0/s1. The fourth-order valence-corrected chi connectivity index (χ4v) is 3.63. The molecule has 0 radical (unpaired) electrons. The van der Waals surface area contributed by atoms with Gasteiger partial charge in [0.1, 0.15) is 17.3 Å². The Morgan fingerprint density at radius 3 is 2.54 bits per heavy atom. The lowest BCUT2D eigenvalue weighted by molar-refractivity contribution is -0.139. The number of benzene rings is 2. The van der Waals surface area contributed by atoms with E-state index in [0.717, 1.165) is 24.2 Å². The van der Waals surface area contributed by atoms with Crippen LogP contribution in [0.5, 0.6) is 11.5 Å². The van der Waals surface area contributed by atoms with Crippen molar-refractivity contribution in [3.8, 4) is 11.5 Å². The van der Waals surface area contributed by atoms with Gasteiger partial charge in [-0.15, -0.1) is 0 Å².